The van der Waals surface area contributed by atoms with Gasteiger partial charge >= 0.3 is 6.18 Å². The van der Waals surface area contributed by atoms with Gasteiger partial charge in [0.25, 0.3) is 0 Å². The fourth-order valence-electron chi connectivity index (χ4n) is 2.30. The molecule has 0 aliphatic heterocycles. The molecule has 1 aliphatic rings. The van der Waals surface area contributed by atoms with Crippen LogP contribution in [0.3, 0.4) is 0 Å². The van der Waals surface area contributed by atoms with Crippen molar-refractivity contribution < 1.29 is 13.2 Å². The van der Waals surface area contributed by atoms with E-state index < -0.39 is 11.7 Å². The van der Waals surface area contributed by atoms with E-state index in [-0.39, 0.29) is 24.5 Å². The van der Waals surface area contributed by atoms with E-state index in [0.717, 1.165) is 0 Å². The fourth-order valence-corrected chi connectivity index (χ4v) is 2.48. The van der Waals surface area contributed by atoms with E-state index in [1.54, 1.807) is 6.07 Å². The third-order valence-corrected chi connectivity index (χ3v) is 3.56. The minimum absolute atomic E-state index is 0.0491. The number of aromatic nitrogens is 3. The molecule has 2 aromatic heterocycles. The van der Waals surface area contributed by atoms with Crippen LogP contribution < -0.4 is 0 Å². The van der Waals surface area contributed by atoms with Crippen molar-refractivity contribution in [2.45, 2.75) is 30.4 Å². The van der Waals surface area contributed by atoms with Crippen molar-refractivity contribution in [3.63, 3.8) is 0 Å². The molecule has 18 heavy (non-hydrogen) atoms. The molecule has 7 heteroatoms. The smallest absolute Gasteiger partial charge is 0.311 e. The van der Waals surface area contributed by atoms with Gasteiger partial charge in [-0.25, -0.2) is 4.98 Å². The average molecular weight is 276 g/mol. The number of alkyl halides is 4. The third-order valence-electron chi connectivity index (χ3n) is 3.33. The second-order valence-corrected chi connectivity index (χ2v) is 4.66. The number of imidazole rings is 1. The van der Waals surface area contributed by atoms with Crippen LogP contribution in [0.5, 0.6) is 0 Å². The highest BCUT2D eigenvalue weighted by Crippen LogP contribution is 2.56. The van der Waals surface area contributed by atoms with Crippen LogP contribution in [-0.2, 0) is 11.4 Å². The first kappa shape index (κ1) is 11.8. The second-order valence-electron chi connectivity index (χ2n) is 4.39. The summed E-state index contributed by atoms with van der Waals surface area (Å²) in [6, 6.07) is 1.55. The van der Waals surface area contributed by atoms with Crippen molar-refractivity contribution in [2.24, 2.45) is 0 Å². The van der Waals surface area contributed by atoms with E-state index >= 15 is 0 Å². The predicted octanol–water partition coefficient (Wildman–Crippen LogP) is 3.22. The Hall–Kier alpha value is -1.30. The van der Waals surface area contributed by atoms with Gasteiger partial charge in [0.2, 0.25) is 0 Å². The third kappa shape index (κ3) is 1.44. The minimum atomic E-state index is -4.29. The normalized spacial score (nSPS) is 18.2. The Labute approximate surface area is 106 Å². The lowest BCUT2D eigenvalue weighted by Crippen LogP contribution is -2.35. The SMILES string of the molecule is FC(F)(F)C1(n2c(CCl)nc3cnccc32)CC1. The van der Waals surface area contributed by atoms with Gasteiger partial charge in [0.05, 0.1) is 17.6 Å². The highest BCUT2D eigenvalue weighted by molar-refractivity contribution is 6.16. The van der Waals surface area contributed by atoms with Crippen LogP contribution in [0.2, 0.25) is 0 Å². The van der Waals surface area contributed by atoms with Crippen molar-refractivity contribution in [3.8, 4) is 0 Å². The van der Waals surface area contributed by atoms with Crippen molar-refractivity contribution in [3.05, 3.63) is 24.3 Å². The van der Waals surface area contributed by atoms with Crippen molar-refractivity contribution >= 4 is 22.6 Å². The highest BCUT2D eigenvalue weighted by atomic mass is 35.5. The first-order valence-corrected chi connectivity index (χ1v) is 5.97. The molecule has 1 fully saturated rings. The highest BCUT2D eigenvalue weighted by Gasteiger charge is 2.65. The van der Waals surface area contributed by atoms with E-state index in [2.05, 4.69) is 9.97 Å². The molecular weight excluding hydrogens is 267 g/mol. The molecule has 0 N–H and O–H groups in total. The maximum atomic E-state index is 13.2. The zero-order chi connectivity index (χ0) is 13.0. The van der Waals surface area contributed by atoms with Crippen LogP contribution in [0.25, 0.3) is 11.0 Å². The number of nitrogens with zero attached hydrogens (tertiary/aromatic N) is 3. The summed E-state index contributed by atoms with van der Waals surface area (Å²) < 4.78 is 40.8. The summed E-state index contributed by atoms with van der Waals surface area (Å²) in [7, 11) is 0. The topological polar surface area (TPSA) is 30.7 Å². The Morgan fingerprint density at radius 1 is 1.39 bits per heavy atom. The van der Waals surface area contributed by atoms with Crippen LogP contribution in [0.1, 0.15) is 18.7 Å². The summed E-state index contributed by atoms with van der Waals surface area (Å²) in [5.74, 6) is 0.196. The number of rotatable bonds is 2. The number of hydrogen-bond donors (Lipinski definition) is 0. The number of fused-ring (bicyclic) bond motifs is 1. The summed E-state index contributed by atoms with van der Waals surface area (Å²) in [5.41, 5.74) is -0.938. The summed E-state index contributed by atoms with van der Waals surface area (Å²) >= 11 is 5.72. The van der Waals surface area contributed by atoms with Crippen molar-refractivity contribution in [1.29, 1.82) is 0 Å². The molecule has 0 bridgehead atoms. The lowest BCUT2D eigenvalue weighted by Gasteiger charge is -2.23. The predicted molar refractivity (Wildman–Crippen MR) is 60.3 cm³/mol. The molecule has 0 atom stereocenters. The summed E-state index contributed by atoms with van der Waals surface area (Å²) in [6.07, 6.45) is -1.22. The monoisotopic (exact) mass is 275 g/mol. The van der Waals surface area contributed by atoms with Crippen LogP contribution in [0, 0.1) is 0 Å². The largest absolute Gasteiger partial charge is 0.412 e. The van der Waals surface area contributed by atoms with Crippen molar-refractivity contribution in [1.82, 2.24) is 14.5 Å². The molecule has 1 saturated carbocycles. The Balaban J connectivity index is 2.28. The van der Waals surface area contributed by atoms with Gasteiger partial charge in [-0.05, 0) is 18.9 Å². The quantitative estimate of drug-likeness (QED) is 0.788. The summed E-state index contributed by atoms with van der Waals surface area (Å²) in [4.78, 5) is 7.99. The Kier molecular flexibility index (Phi) is 2.35. The van der Waals surface area contributed by atoms with Gasteiger partial charge in [0.1, 0.15) is 16.9 Å². The minimum Gasteiger partial charge on any atom is -0.311 e. The first-order valence-electron chi connectivity index (χ1n) is 5.44. The van der Waals surface area contributed by atoms with Crippen molar-refractivity contribution in [2.75, 3.05) is 0 Å². The molecule has 0 unspecified atom stereocenters. The molecule has 3 rings (SSSR count). The molecule has 1 aliphatic carbocycles. The maximum Gasteiger partial charge on any atom is 0.412 e. The molecule has 2 heterocycles. The Morgan fingerprint density at radius 3 is 2.67 bits per heavy atom. The van der Waals surface area contributed by atoms with E-state index in [1.165, 1.54) is 17.0 Å². The average Bonchev–Trinajstić information content (AvgIpc) is 3.04. The molecule has 0 amide bonds. The second kappa shape index (κ2) is 3.60. The molecule has 2 aromatic rings. The van der Waals surface area contributed by atoms with Gasteiger partial charge in [-0.15, -0.1) is 11.6 Å². The van der Waals surface area contributed by atoms with E-state index in [9.17, 15) is 13.2 Å². The van der Waals surface area contributed by atoms with E-state index in [4.69, 9.17) is 11.6 Å². The first-order chi connectivity index (χ1) is 8.49. The Bertz CT molecular complexity index is 601. The molecule has 0 aromatic carbocycles. The zero-order valence-corrected chi connectivity index (χ0v) is 9.96. The molecule has 0 spiro atoms. The standard InChI is InChI=1S/C11H9ClF3N3/c12-5-9-17-7-6-16-4-1-8(7)18(9)10(2-3-10)11(13,14)15/h1,4,6H,2-3,5H2. The van der Waals surface area contributed by atoms with Gasteiger partial charge < -0.3 is 4.57 Å². The van der Waals surface area contributed by atoms with Crippen LogP contribution >= 0.6 is 11.6 Å². The number of hydrogen-bond acceptors (Lipinski definition) is 2. The molecular formula is C11H9ClF3N3. The van der Waals surface area contributed by atoms with Gasteiger partial charge in [-0.2, -0.15) is 13.2 Å². The zero-order valence-electron chi connectivity index (χ0n) is 9.21. The summed E-state index contributed by atoms with van der Waals surface area (Å²) in [5, 5.41) is 0. The van der Waals surface area contributed by atoms with E-state index in [1.807, 2.05) is 0 Å². The summed E-state index contributed by atoms with van der Waals surface area (Å²) in [6.45, 7) is 0. The molecule has 0 saturated heterocycles. The molecule has 96 valence electrons. The lowest BCUT2D eigenvalue weighted by atomic mass is 10.2. The maximum absolute atomic E-state index is 13.2. The van der Waals surface area contributed by atoms with Crippen LogP contribution in [0.4, 0.5) is 13.2 Å². The Morgan fingerprint density at radius 2 is 2.11 bits per heavy atom. The number of halogens is 4. The van der Waals surface area contributed by atoms with Gasteiger partial charge in [-0.3, -0.25) is 4.98 Å². The fraction of sp³-hybridized carbons (Fsp3) is 0.455. The van der Waals surface area contributed by atoms with Gasteiger partial charge in [0.15, 0.2) is 0 Å². The van der Waals surface area contributed by atoms with Crippen LogP contribution in [-0.4, -0.2) is 20.7 Å². The van der Waals surface area contributed by atoms with E-state index in [0.29, 0.717) is 11.0 Å². The molecule has 0 radical (unpaired) electrons. The number of pyridine rings is 1. The van der Waals surface area contributed by atoms with Crippen LogP contribution in [0.15, 0.2) is 18.5 Å². The lowest BCUT2D eigenvalue weighted by molar-refractivity contribution is -0.179. The van der Waals surface area contributed by atoms with Gasteiger partial charge in [-0.1, -0.05) is 0 Å². The van der Waals surface area contributed by atoms with Gasteiger partial charge in [0, 0.05) is 6.20 Å². The molecule has 3 nitrogen and oxygen atoms in total.